The lowest BCUT2D eigenvalue weighted by Crippen LogP contribution is -2.33. The fourth-order valence-corrected chi connectivity index (χ4v) is 1.91. The number of carbonyl (C=O) groups excluding carboxylic acids is 1. The zero-order valence-electron chi connectivity index (χ0n) is 10.4. The number of rotatable bonds is 6. The van der Waals surface area contributed by atoms with Crippen molar-refractivity contribution in [3.05, 3.63) is 0 Å². The van der Waals surface area contributed by atoms with Crippen LogP contribution in [0.3, 0.4) is 0 Å². The highest BCUT2D eigenvalue weighted by Crippen LogP contribution is 2.16. The minimum Gasteiger partial charge on any atom is -0.481 e. The van der Waals surface area contributed by atoms with E-state index in [1.54, 1.807) is 11.9 Å². The van der Waals surface area contributed by atoms with Crippen molar-refractivity contribution in [2.24, 2.45) is 0 Å². The van der Waals surface area contributed by atoms with Crippen molar-refractivity contribution in [3.8, 4) is 0 Å². The van der Waals surface area contributed by atoms with Gasteiger partial charge in [0.25, 0.3) is 0 Å². The first kappa shape index (κ1) is 14.0. The van der Waals surface area contributed by atoms with Gasteiger partial charge in [0.1, 0.15) is 0 Å². The Hall–Kier alpha value is -1.10. The maximum atomic E-state index is 11.8. The molecule has 0 aliphatic carbocycles. The van der Waals surface area contributed by atoms with Gasteiger partial charge in [-0.05, 0) is 25.7 Å². The van der Waals surface area contributed by atoms with E-state index in [1.807, 2.05) is 0 Å². The second-order valence-electron chi connectivity index (χ2n) is 4.51. The van der Waals surface area contributed by atoms with Gasteiger partial charge in [0.2, 0.25) is 5.91 Å². The second kappa shape index (κ2) is 7.27. The number of carboxylic acid groups (broad SMARTS) is 1. The molecule has 0 aromatic carbocycles. The van der Waals surface area contributed by atoms with Crippen molar-refractivity contribution in [2.75, 3.05) is 20.2 Å². The molecule has 1 aliphatic heterocycles. The van der Waals surface area contributed by atoms with E-state index in [0.29, 0.717) is 19.4 Å². The molecule has 0 aromatic heterocycles. The van der Waals surface area contributed by atoms with Gasteiger partial charge in [-0.1, -0.05) is 0 Å². The Balaban J connectivity index is 2.18. The maximum absolute atomic E-state index is 11.8. The SMILES string of the molecule is CN(CCCC(=O)O)C(=O)C[C@@H]1CCCCO1. The second-order valence-corrected chi connectivity index (χ2v) is 4.51. The molecule has 1 N–H and O–H groups in total. The van der Waals surface area contributed by atoms with Crippen LogP contribution in [0.15, 0.2) is 0 Å². The first-order chi connectivity index (χ1) is 8.09. The van der Waals surface area contributed by atoms with Gasteiger partial charge >= 0.3 is 5.97 Å². The summed E-state index contributed by atoms with van der Waals surface area (Å²) >= 11 is 0. The molecule has 0 spiro atoms. The lowest BCUT2D eigenvalue weighted by molar-refractivity contribution is -0.138. The van der Waals surface area contributed by atoms with Gasteiger partial charge in [-0.25, -0.2) is 0 Å². The van der Waals surface area contributed by atoms with E-state index >= 15 is 0 Å². The molecule has 0 aromatic rings. The number of carbonyl (C=O) groups is 2. The topological polar surface area (TPSA) is 66.8 Å². The monoisotopic (exact) mass is 243 g/mol. The van der Waals surface area contributed by atoms with E-state index in [0.717, 1.165) is 25.9 Å². The number of carboxylic acids is 1. The van der Waals surface area contributed by atoms with Crippen molar-refractivity contribution in [1.82, 2.24) is 4.90 Å². The van der Waals surface area contributed by atoms with Crippen molar-refractivity contribution in [3.63, 3.8) is 0 Å². The third-order valence-electron chi connectivity index (χ3n) is 2.99. The predicted octanol–water partition coefficient (Wildman–Crippen LogP) is 1.27. The molecule has 5 nitrogen and oxygen atoms in total. The Morgan fingerprint density at radius 3 is 2.76 bits per heavy atom. The molecule has 0 radical (unpaired) electrons. The highest BCUT2D eigenvalue weighted by atomic mass is 16.5. The summed E-state index contributed by atoms with van der Waals surface area (Å²) in [6.45, 7) is 1.25. The fraction of sp³-hybridized carbons (Fsp3) is 0.833. The summed E-state index contributed by atoms with van der Waals surface area (Å²) in [5.74, 6) is -0.774. The predicted molar refractivity (Wildman–Crippen MR) is 62.7 cm³/mol. The Bertz CT molecular complexity index is 261. The molecule has 0 bridgehead atoms. The van der Waals surface area contributed by atoms with Crippen molar-refractivity contribution >= 4 is 11.9 Å². The van der Waals surface area contributed by atoms with E-state index in [-0.39, 0.29) is 18.4 Å². The third-order valence-corrected chi connectivity index (χ3v) is 2.99. The first-order valence-electron chi connectivity index (χ1n) is 6.17. The van der Waals surface area contributed by atoms with Crippen LogP contribution in [0.25, 0.3) is 0 Å². The molecule has 1 saturated heterocycles. The number of aliphatic carboxylic acids is 1. The molecule has 1 aliphatic rings. The fourth-order valence-electron chi connectivity index (χ4n) is 1.91. The molecule has 0 saturated carbocycles. The van der Waals surface area contributed by atoms with Gasteiger partial charge in [-0.15, -0.1) is 0 Å². The van der Waals surface area contributed by atoms with Gasteiger partial charge in [0.15, 0.2) is 0 Å². The Morgan fingerprint density at radius 1 is 1.41 bits per heavy atom. The molecule has 1 heterocycles. The molecule has 1 rings (SSSR count). The average Bonchev–Trinajstić information content (AvgIpc) is 2.29. The average molecular weight is 243 g/mol. The van der Waals surface area contributed by atoms with E-state index in [9.17, 15) is 9.59 Å². The quantitative estimate of drug-likeness (QED) is 0.763. The lowest BCUT2D eigenvalue weighted by Gasteiger charge is -2.24. The van der Waals surface area contributed by atoms with Crippen molar-refractivity contribution in [2.45, 2.75) is 44.6 Å². The summed E-state index contributed by atoms with van der Waals surface area (Å²) < 4.78 is 5.50. The van der Waals surface area contributed by atoms with Crippen LogP contribution in [0, 0.1) is 0 Å². The zero-order chi connectivity index (χ0) is 12.7. The van der Waals surface area contributed by atoms with Gasteiger partial charge in [-0.2, -0.15) is 0 Å². The Morgan fingerprint density at radius 2 is 2.18 bits per heavy atom. The molecule has 1 amide bonds. The number of ether oxygens (including phenoxy) is 1. The van der Waals surface area contributed by atoms with Crippen molar-refractivity contribution < 1.29 is 19.4 Å². The molecular formula is C12H21NO4. The van der Waals surface area contributed by atoms with E-state index in [2.05, 4.69) is 0 Å². The van der Waals surface area contributed by atoms with Gasteiger partial charge in [0, 0.05) is 26.6 Å². The van der Waals surface area contributed by atoms with Gasteiger partial charge < -0.3 is 14.7 Å². The van der Waals surface area contributed by atoms with E-state index in [1.165, 1.54) is 0 Å². The summed E-state index contributed by atoms with van der Waals surface area (Å²) in [5, 5.41) is 8.50. The summed E-state index contributed by atoms with van der Waals surface area (Å²) in [6, 6.07) is 0. The summed E-state index contributed by atoms with van der Waals surface area (Å²) in [5.41, 5.74) is 0. The third kappa shape index (κ3) is 5.68. The largest absolute Gasteiger partial charge is 0.481 e. The molecule has 17 heavy (non-hydrogen) atoms. The lowest BCUT2D eigenvalue weighted by atomic mass is 10.1. The van der Waals surface area contributed by atoms with Crippen LogP contribution >= 0.6 is 0 Å². The standard InChI is InChI=1S/C12H21NO4/c1-13(7-4-6-12(15)16)11(14)9-10-5-2-3-8-17-10/h10H,2-9H2,1H3,(H,15,16)/t10-/m0/s1. The smallest absolute Gasteiger partial charge is 0.303 e. The Labute approximate surface area is 102 Å². The van der Waals surface area contributed by atoms with Crippen LogP contribution in [0.5, 0.6) is 0 Å². The van der Waals surface area contributed by atoms with Crippen LogP contribution in [0.1, 0.15) is 38.5 Å². The number of amides is 1. The van der Waals surface area contributed by atoms with Crippen LogP contribution < -0.4 is 0 Å². The molecule has 5 heteroatoms. The molecule has 0 unspecified atom stereocenters. The van der Waals surface area contributed by atoms with Gasteiger partial charge in [0.05, 0.1) is 12.5 Å². The van der Waals surface area contributed by atoms with E-state index < -0.39 is 5.97 Å². The highest BCUT2D eigenvalue weighted by molar-refractivity contribution is 5.76. The highest BCUT2D eigenvalue weighted by Gasteiger charge is 2.19. The van der Waals surface area contributed by atoms with Crippen molar-refractivity contribution in [1.29, 1.82) is 0 Å². The number of hydrogen-bond acceptors (Lipinski definition) is 3. The number of hydrogen-bond donors (Lipinski definition) is 1. The van der Waals surface area contributed by atoms with Crippen LogP contribution in [0.2, 0.25) is 0 Å². The zero-order valence-corrected chi connectivity index (χ0v) is 10.4. The molecule has 1 fully saturated rings. The summed E-state index contributed by atoms with van der Waals surface area (Å²) in [6.07, 6.45) is 4.25. The van der Waals surface area contributed by atoms with Crippen LogP contribution in [-0.4, -0.2) is 48.2 Å². The minimum absolute atomic E-state index is 0.0438. The van der Waals surface area contributed by atoms with Crippen LogP contribution in [-0.2, 0) is 14.3 Å². The van der Waals surface area contributed by atoms with Crippen LogP contribution in [0.4, 0.5) is 0 Å². The summed E-state index contributed by atoms with van der Waals surface area (Å²) in [4.78, 5) is 23.7. The first-order valence-corrected chi connectivity index (χ1v) is 6.17. The minimum atomic E-state index is -0.818. The normalized spacial score (nSPS) is 19.9. The molecular weight excluding hydrogens is 222 g/mol. The maximum Gasteiger partial charge on any atom is 0.303 e. The molecule has 98 valence electrons. The Kier molecular flexibility index (Phi) is 5.97. The van der Waals surface area contributed by atoms with Gasteiger partial charge in [-0.3, -0.25) is 9.59 Å². The van der Waals surface area contributed by atoms with E-state index in [4.69, 9.17) is 9.84 Å². The molecule has 1 atom stereocenters. The summed E-state index contributed by atoms with van der Waals surface area (Å²) in [7, 11) is 1.72. The number of nitrogens with zero attached hydrogens (tertiary/aromatic N) is 1.